The number of hydrogen-bond donors (Lipinski definition) is 1. The quantitative estimate of drug-likeness (QED) is 0.859. The standard InChI is InChI=1S/C11H12BrN3/c12-11-10(8-4-3-6-13-8)14-9-5-1-2-7-15(9)11/h1-2,5,7-8,13H,3-4,6H2. The first-order valence-corrected chi connectivity index (χ1v) is 6.01. The third-order valence-corrected chi connectivity index (χ3v) is 3.67. The van der Waals surface area contributed by atoms with Gasteiger partial charge in [0.05, 0.1) is 11.7 Å². The highest BCUT2D eigenvalue weighted by Gasteiger charge is 2.22. The van der Waals surface area contributed by atoms with Crippen molar-refractivity contribution in [3.8, 4) is 0 Å². The van der Waals surface area contributed by atoms with Crippen molar-refractivity contribution < 1.29 is 0 Å². The molecule has 1 atom stereocenters. The average molecular weight is 266 g/mol. The first-order valence-electron chi connectivity index (χ1n) is 5.22. The number of nitrogens with one attached hydrogen (secondary N) is 1. The minimum absolute atomic E-state index is 0.416. The summed E-state index contributed by atoms with van der Waals surface area (Å²) in [5.74, 6) is 0. The fourth-order valence-corrected chi connectivity index (χ4v) is 2.79. The van der Waals surface area contributed by atoms with E-state index in [-0.39, 0.29) is 0 Å². The van der Waals surface area contributed by atoms with Crippen molar-refractivity contribution in [3.05, 3.63) is 34.7 Å². The van der Waals surface area contributed by atoms with E-state index in [1.807, 2.05) is 24.4 Å². The molecule has 78 valence electrons. The highest BCUT2D eigenvalue weighted by atomic mass is 79.9. The van der Waals surface area contributed by atoms with E-state index in [1.165, 1.54) is 12.8 Å². The summed E-state index contributed by atoms with van der Waals surface area (Å²) in [4.78, 5) is 4.65. The number of aromatic nitrogens is 2. The number of nitrogens with zero attached hydrogens (tertiary/aromatic N) is 2. The lowest BCUT2D eigenvalue weighted by molar-refractivity contribution is 0.628. The van der Waals surface area contributed by atoms with Gasteiger partial charge in [-0.3, -0.25) is 4.40 Å². The van der Waals surface area contributed by atoms with E-state index in [0.717, 1.165) is 22.5 Å². The first kappa shape index (κ1) is 9.36. The van der Waals surface area contributed by atoms with Crippen LogP contribution in [0.1, 0.15) is 24.6 Å². The van der Waals surface area contributed by atoms with E-state index in [1.54, 1.807) is 0 Å². The maximum atomic E-state index is 4.65. The van der Waals surface area contributed by atoms with Crippen LogP contribution in [0.5, 0.6) is 0 Å². The average Bonchev–Trinajstić information content (AvgIpc) is 2.87. The molecule has 3 rings (SSSR count). The van der Waals surface area contributed by atoms with Crippen LogP contribution in [0.2, 0.25) is 0 Å². The van der Waals surface area contributed by atoms with Crippen molar-refractivity contribution in [3.63, 3.8) is 0 Å². The van der Waals surface area contributed by atoms with Crippen LogP contribution < -0.4 is 5.32 Å². The lowest BCUT2D eigenvalue weighted by atomic mass is 10.2. The molecule has 2 aromatic rings. The summed E-state index contributed by atoms with van der Waals surface area (Å²) in [6, 6.07) is 6.48. The zero-order valence-electron chi connectivity index (χ0n) is 8.28. The number of rotatable bonds is 1. The monoisotopic (exact) mass is 265 g/mol. The Morgan fingerprint density at radius 1 is 1.47 bits per heavy atom. The maximum absolute atomic E-state index is 4.65. The molecule has 1 N–H and O–H groups in total. The van der Waals surface area contributed by atoms with E-state index >= 15 is 0 Å². The third kappa shape index (κ3) is 1.48. The van der Waals surface area contributed by atoms with Gasteiger partial charge in [-0.2, -0.15) is 0 Å². The number of hydrogen-bond acceptors (Lipinski definition) is 2. The summed E-state index contributed by atoms with van der Waals surface area (Å²) in [6.45, 7) is 1.10. The van der Waals surface area contributed by atoms with Gasteiger partial charge in [0, 0.05) is 6.20 Å². The van der Waals surface area contributed by atoms with Crippen LogP contribution in [0, 0.1) is 0 Å². The van der Waals surface area contributed by atoms with Gasteiger partial charge in [-0.1, -0.05) is 6.07 Å². The summed E-state index contributed by atoms with van der Waals surface area (Å²) >= 11 is 3.62. The van der Waals surface area contributed by atoms with Gasteiger partial charge < -0.3 is 5.32 Å². The number of pyridine rings is 1. The summed E-state index contributed by atoms with van der Waals surface area (Å²) in [5.41, 5.74) is 2.15. The highest BCUT2D eigenvalue weighted by Crippen LogP contribution is 2.29. The Labute approximate surface area is 96.6 Å². The van der Waals surface area contributed by atoms with Gasteiger partial charge in [-0.15, -0.1) is 0 Å². The molecule has 3 nitrogen and oxygen atoms in total. The molecule has 0 bridgehead atoms. The molecule has 1 fully saturated rings. The molecule has 1 aliphatic rings. The van der Waals surface area contributed by atoms with Crippen LogP contribution in [0.4, 0.5) is 0 Å². The minimum atomic E-state index is 0.416. The van der Waals surface area contributed by atoms with Crippen LogP contribution in [0.15, 0.2) is 29.0 Å². The van der Waals surface area contributed by atoms with Crippen molar-refractivity contribution in [2.24, 2.45) is 0 Å². The van der Waals surface area contributed by atoms with Gasteiger partial charge in [0.15, 0.2) is 0 Å². The zero-order valence-corrected chi connectivity index (χ0v) is 9.87. The summed E-state index contributed by atoms with van der Waals surface area (Å²) in [5, 5.41) is 3.47. The fraction of sp³-hybridized carbons (Fsp3) is 0.364. The molecule has 2 aromatic heterocycles. The number of imidazole rings is 1. The van der Waals surface area contributed by atoms with Gasteiger partial charge >= 0.3 is 0 Å². The Balaban J connectivity index is 2.14. The minimum Gasteiger partial charge on any atom is -0.309 e. The predicted octanol–water partition coefficient (Wildman–Crippen LogP) is 2.52. The van der Waals surface area contributed by atoms with E-state index in [9.17, 15) is 0 Å². The fourth-order valence-electron chi connectivity index (χ4n) is 2.12. The largest absolute Gasteiger partial charge is 0.309 e. The second-order valence-electron chi connectivity index (χ2n) is 3.87. The van der Waals surface area contributed by atoms with Crippen molar-refractivity contribution in [2.45, 2.75) is 18.9 Å². The molecule has 1 saturated heterocycles. The molecule has 0 spiro atoms. The van der Waals surface area contributed by atoms with Crippen molar-refractivity contribution in [1.29, 1.82) is 0 Å². The summed E-state index contributed by atoms with van der Waals surface area (Å²) < 4.78 is 3.16. The molecule has 0 amide bonds. The first-order chi connectivity index (χ1) is 7.36. The predicted molar refractivity (Wildman–Crippen MR) is 62.9 cm³/mol. The highest BCUT2D eigenvalue weighted by molar-refractivity contribution is 9.10. The van der Waals surface area contributed by atoms with E-state index in [2.05, 4.69) is 30.6 Å². The normalized spacial score (nSPS) is 21.3. The van der Waals surface area contributed by atoms with Gasteiger partial charge in [0.1, 0.15) is 10.3 Å². The van der Waals surface area contributed by atoms with Gasteiger partial charge in [-0.25, -0.2) is 4.98 Å². The van der Waals surface area contributed by atoms with Gasteiger partial charge in [-0.05, 0) is 47.4 Å². The van der Waals surface area contributed by atoms with E-state index in [0.29, 0.717) is 6.04 Å². The van der Waals surface area contributed by atoms with Crippen LogP contribution in [-0.2, 0) is 0 Å². The Bertz CT molecular complexity index is 486. The molecule has 0 aliphatic carbocycles. The molecule has 1 unspecified atom stereocenters. The van der Waals surface area contributed by atoms with Gasteiger partial charge in [0.2, 0.25) is 0 Å². The van der Waals surface area contributed by atoms with Crippen molar-refractivity contribution in [1.82, 2.24) is 14.7 Å². The van der Waals surface area contributed by atoms with Crippen LogP contribution in [-0.4, -0.2) is 15.9 Å². The molecular weight excluding hydrogens is 254 g/mol. The number of halogens is 1. The van der Waals surface area contributed by atoms with Crippen LogP contribution in [0.3, 0.4) is 0 Å². The summed E-state index contributed by atoms with van der Waals surface area (Å²) in [6.07, 6.45) is 4.46. The Kier molecular flexibility index (Phi) is 2.25. The molecule has 15 heavy (non-hydrogen) atoms. The van der Waals surface area contributed by atoms with Crippen LogP contribution >= 0.6 is 15.9 Å². The second-order valence-corrected chi connectivity index (χ2v) is 4.62. The lowest BCUT2D eigenvalue weighted by Crippen LogP contribution is -2.13. The molecule has 1 aliphatic heterocycles. The molecule has 0 aromatic carbocycles. The SMILES string of the molecule is Brc1c(C2CCCN2)nc2ccccn12. The van der Waals surface area contributed by atoms with Crippen LogP contribution in [0.25, 0.3) is 5.65 Å². The summed E-state index contributed by atoms with van der Waals surface area (Å²) in [7, 11) is 0. The zero-order chi connectivity index (χ0) is 10.3. The smallest absolute Gasteiger partial charge is 0.137 e. The lowest BCUT2D eigenvalue weighted by Gasteiger charge is -2.06. The number of fused-ring (bicyclic) bond motifs is 1. The van der Waals surface area contributed by atoms with E-state index < -0.39 is 0 Å². The van der Waals surface area contributed by atoms with Gasteiger partial charge in [0.25, 0.3) is 0 Å². The molecule has 0 radical (unpaired) electrons. The Morgan fingerprint density at radius 3 is 3.13 bits per heavy atom. The van der Waals surface area contributed by atoms with E-state index in [4.69, 9.17) is 0 Å². The topological polar surface area (TPSA) is 29.3 Å². The van der Waals surface area contributed by atoms with Crippen molar-refractivity contribution >= 4 is 21.6 Å². The molecule has 3 heterocycles. The van der Waals surface area contributed by atoms with Crippen molar-refractivity contribution in [2.75, 3.05) is 6.54 Å². The Hall–Kier alpha value is -0.870. The molecule has 4 heteroatoms. The maximum Gasteiger partial charge on any atom is 0.137 e. The Morgan fingerprint density at radius 2 is 2.40 bits per heavy atom. The third-order valence-electron chi connectivity index (χ3n) is 2.89. The molecular formula is C11H12BrN3. The second kappa shape index (κ2) is 3.61. The molecule has 0 saturated carbocycles.